The summed E-state index contributed by atoms with van der Waals surface area (Å²) in [5.41, 5.74) is -2.10. The molecule has 1 aromatic heterocycles. The predicted molar refractivity (Wildman–Crippen MR) is 51.8 cm³/mol. The van der Waals surface area contributed by atoms with E-state index in [0.717, 1.165) is 28.8 Å². The summed E-state index contributed by atoms with van der Waals surface area (Å²) < 4.78 is 74.8. The number of benzene rings is 1. The van der Waals surface area contributed by atoms with Gasteiger partial charge in [0.15, 0.2) is 0 Å². The Morgan fingerprint density at radius 1 is 0.882 bits per heavy atom. The zero-order valence-electron chi connectivity index (χ0n) is 7.99. The minimum absolute atomic E-state index is 0.185. The van der Waals surface area contributed by atoms with E-state index < -0.39 is 28.9 Å². The third kappa shape index (κ3) is 2.24. The van der Waals surface area contributed by atoms with Crippen LogP contribution in [0.5, 0.6) is 0 Å². The Labute approximate surface area is 95.5 Å². The SMILES string of the molecule is FC(F)(F)c1ccc2scc(C(F)(F)F)c2c1. The van der Waals surface area contributed by atoms with Crippen LogP contribution in [-0.2, 0) is 12.4 Å². The largest absolute Gasteiger partial charge is 0.417 e. The number of halogens is 6. The summed E-state index contributed by atoms with van der Waals surface area (Å²) in [5, 5.41) is 0.419. The fraction of sp³-hybridized carbons (Fsp3) is 0.200. The molecule has 0 saturated carbocycles. The third-order valence-corrected chi connectivity index (χ3v) is 3.17. The van der Waals surface area contributed by atoms with Crippen LogP contribution in [0.4, 0.5) is 26.3 Å². The van der Waals surface area contributed by atoms with Crippen LogP contribution in [0.25, 0.3) is 10.1 Å². The Morgan fingerprint density at radius 3 is 2.06 bits per heavy atom. The van der Waals surface area contributed by atoms with Crippen molar-refractivity contribution in [2.45, 2.75) is 12.4 Å². The molecule has 0 unspecified atom stereocenters. The second-order valence-electron chi connectivity index (χ2n) is 3.36. The van der Waals surface area contributed by atoms with Crippen LogP contribution >= 0.6 is 11.3 Å². The zero-order valence-corrected chi connectivity index (χ0v) is 8.80. The summed E-state index contributed by atoms with van der Waals surface area (Å²) in [6.07, 6.45) is -9.28. The molecule has 0 N–H and O–H groups in total. The first-order valence-corrected chi connectivity index (χ1v) is 5.23. The van der Waals surface area contributed by atoms with Crippen LogP contribution < -0.4 is 0 Å². The molecular formula is C10H4F6S. The van der Waals surface area contributed by atoms with Gasteiger partial charge in [-0.15, -0.1) is 11.3 Å². The number of hydrogen-bond acceptors (Lipinski definition) is 1. The first kappa shape index (κ1) is 12.2. The highest BCUT2D eigenvalue weighted by molar-refractivity contribution is 7.17. The van der Waals surface area contributed by atoms with E-state index in [1.54, 1.807) is 0 Å². The summed E-state index contributed by atoms with van der Waals surface area (Å²) in [7, 11) is 0. The molecule has 0 saturated heterocycles. The molecule has 1 heterocycles. The van der Waals surface area contributed by atoms with E-state index >= 15 is 0 Å². The van der Waals surface area contributed by atoms with E-state index in [2.05, 4.69) is 0 Å². The Hall–Kier alpha value is -1.24. The minimum atomic E-state index is -4.64. The van der Waals surface area contributed by atoms with Crippen LogP contribution in [-0.4, -0.2) is 0 Å². The fourth-order valence-electron chi connectivity index (χ4n) is 1.42. The van der Waals surface area contributed by atoms with Gasteiger partial charge in [0.25, 0.3) is 0 Å². The Bertz CT molecular complexity index is 548. The molecule has 0 aliphatic rings. The number of fused-ring (bicyclic) bond motifs is 1. The van der Waals surface area contributed by atoms with Gasteiger partial charge in [-0.2, -0.15) is 26.3 Å². The molecule has 0 atom stereocenters. The van der Waals surface area contributed by atoms with E-state index in [-0.39, 0.29) is 4.70 Å². The van der Waals surface area contributed by atoms with Crippen LogP contribution in [0.3, 0.4) is 0 Å². The quantitative estimate of drug-likeness (QED) is 0.595. The van der Waals surface area contributed by atoms with Gasteiger partial charge in [-0.3, -0.25) is 0 Å². The monoisotopic (exact) mass is 270 g/mol. The standard InChI is InChI=1S/C10H4F6S/c11-9(12,13)5-1-2-8-6(3-5)7(4-17-8)10(14,15)16/h1-4H. The highest BCUT2D eigenvalue weighted by atomic mass is 32.1. The lowest BCUT2D eigenvalue weighted by Crippen LogP contribution is -2.06. The molecule has 0 nitrogen and oxygen atoms in total. The summed E-state index contributed by atoms with van der Waals surface area (Å²) >= 11 is 0.773. The Kier molecular flexibility index (Phi) is 2.61. The summed E-state index contributed by atoms with van der Waals surface area (Å²) in [5.74, 6) is 0. The van der Waals surface area contributed by atoms with Gasteiger partial charge < -0.3 is 0 Å². The van der Waals surface area contributed by atoms with Gasteiger partial charge in [-0.05, 0) is 18.2 Å². The third-order valence-electron chi connectivity index (χ3n) is 2.21. The second kappa shape index (κ2) is 3.63. The van der Waals surface area contributed by atoms with Crippen molar-refractivity contribution in [3.63, 3.8) is 0 Å². The summed E-state index contributed by atoms with van der Waals surface area (Å²) in [4.78, 5) is 0. The first-order chi connectivity index (χ1) is 7.69. The smallest absolute Gasteiger partial charge is 0.166 e. The minimum Gasteiger partial charge on any atom is -0.166 e. The normalized spacial score (nSPS) is 13.3. The van der Waals surface area contributed by atoms with Crippen molar-refractivity contribution >= 4 is 21.4 Å². The Balaban J connectivity index is 2.67. The average molecular weight is 270 g/mol. The van der Waals surface area contributed by atoms with Gasteiger partial charge in [-0.25, -0.2) is 0 Å². The van der Waals surface area contributed by atoms with Gasteiger partial charge in [-0.1, -0.05) is 0 Å². The van der Waals surface area contributed by atoms with E-state index in [0.29, 0.717) is 6.07 Å². The predicted octanol–water partition coefficient (Wildman–Crippen LogP) is 4.94. The lowest BCUT2D eigenvalue weighted by molar-refractivity contribution is -0.138. The van der Waals surface area contributed by atoms with Gasteiger partial charge in [0.2, 0.25) is 0 Å². The van der Waals surface area contributed by atoms with Crippen molar-refractivity contribution in [3.05, 3.63) is 34.7 Å². The van der Waals surface area contributed by atoms with Crippen LogP contribution in [0.15, 0.2) is 23.6 Å². The van der Waals surface area contributed by atoms with Crippen LogP contribution in [0.2, 0.25) is 0 Å². The van der Waals surface area contributed by atoms with Crippen molar-refractivity contribution < 1.29 is 26.3 Å². The van der Waals surface area contributed by atoms with Gasteiger partial charge in [0.05, 0.1) is 11.1 Å². The molecule has 0 aliphatic carbocycles. The van der Waals surface area contributed by atoms with E-state index in [1.165, 1.54) is 0 Å². The van der Waals surface area contributed by atoms with Crippen molar-refractivity contribution in [3.8, 4) is 0 Å². The van der Waals surface area contributed by atoms with Crippen LogP contribution in [0, 0.1) is 0 Å². The maximum Gasteiger partial charge on any atom is 0.417 e. The molecular weight excluding hydrogens is 266 g/mol. The summed E-state index contributed by atoms with van der Waals surface area (Å²) in [6.45, 7) is 0. The number of rotatable bonds is 0. The maximum absolute atomic E-state index is 12.5. The molecule has 2 aromatic rings. The average Bonchev–Trinajstić information content (AvgIpc) is 2.57. The highest BCUT2D eigenvalue weighted by Gasteiger charge is 2.35. The van der Waals surface area contributed by atoms with Gasteiger partial charge >= 0.3 is 12.4 Å². The molecule has 7 heteroatoms. The topological polar surface area (TPSA) is 0 Å². The van der Waals surface area contributed by atoms with Crippen molar-refractivity contribution in [2.24, 2.45) is 0 Å². The summed E-state index contributed by atoms with van der Waals surface area (Å²) in [6, 6.07) is 2.37. The van der Waals surface area contributed by atoms with Gasteiger partial charge in [0.1, 0.15) is 0 Å². The van der Waals surface area contributed by atoms with Crippen molar-refractivity contribution in [2.75, 3.05) is 0 Å². The number of hydrogen-bond donors (Lipinski definition) is 0. The highest BCUT2D eigenvalue weighted by Crippen LogP contribution is 2.40. The molecule has 0 radical (unpaired) electrons. The molecule has 0 amide bonds. The maximum atomic E-state index is 12.5. The molecule has 92 valence electrons. The van der Waals surface area contributed by atoms with Crippen molar-refractivity contribution in [1.82, 2.24) is 0 Å². The fourth-order valence-corrected chi connectivity index (χ4v) is 2.37. The van der Waals surface area contributed by atoms with E-state index in [4.69, 9.17) is 0 Å². The number of thiophene rings is 1. The second-order valence-corrected chi connectivity index (χ2v) is 4.27. The molecule has 17 heavy (non-hydrogen) atoms. The molecule has 0 aliphatic heterocycles. The Morgan fingerprint density at radius 2 is 1.53 bits per heavy atom. The molecule has 0 fully saturated rings. The lowest BCUT2D eigenvalue weighted by Gasteiger charge is -2.08. The van der Waals surface area contributed by atoms with E-state index in [9.17, 15) is 26.3 Å². The molecule has 1 aromatic carbocycles. The molecule has 2 rings (SSSR count). The van der Waals surface area contributed by atoms with Gasteiger partial charge in [0, 0.05) is 15.5 Å². The lowest BCUT2D eigenvalue weighted by atomic mass is 10.1. The van der Waals surface area contributed by atoms with Crippen molar-refractivity contribution in [1.29, 1.82) is 0 Å². The molecule has 0 bridgehead atoms. The first-order valence-electron chi connectivity index (χ1n) is 4.35. The molecule has 0 spiro atoms. The van der Waals surface area contributed by atoms with E-state index in [1.807, 2.05) is 0 Å². The van der Waals surface area contributed by atoms with Crippen LogP contribution in [0.1, 0.15) is 11.1 Å². The number of alkyl halides is 6. The zero-order chi connectivity index (χ0) is 12.8.